The highest BCUT2D eigenvalue weighted by atomic mass is 16.3. The Bertz CT molecular complexity index is 370. The minimum atomic E-state index is 0.183. The lowest BCUT2D eigenvalue weighted by Crippen LogP contribution is -2.18. The Kier molecular flexibility index (Phi) is 7.18. The Balaban J connectivity index is 2.79. The van der Waals surface area contributed by atoms with Gasteiger partial charge in [0.25, 0.3) is 0 Å². The predicted molar refractivity (Wildman–Crippen MR) is 79.6 cm³/mol. The number of rotatable bonds is 9. The average Bonchev–Trinajstić information content (AvgIpc) is 2.36. The largest absolute Gasteiger partial charge is 0.396 e. The van der Waals surface area contributed by atoms with Gasteiger partial charge in [-0.05, 0) is 26.2 Å². The van der Waals surface area contributed by atoms with Gasteiger partial charge >= 0.3 is 0 Å². The van der Waals surface area contributed by atoms with Crippen LogP contribution in [0.3, 0.4) is 0 Å². The molecule has 1 rings (SSSR count). The summed E-state index contributed by atoms with van der Waals surface area (Å²) in [5, 5.41) is 15.5. The molecule has 0 aliphatic heterocycles. The van der Waals surface area contributed by atoms with Crippen LogP contribution >= 0.6 is 0 Å². The number of nitrogens with one attached hydrogen (secondary N) is 2. The van der Waals surface area contributed by atoms with Crippen molar-refractivity contribution < 1.29 is 5.11 Å². The molecule has 1 unspecified atom stereocenters. The zero-order valence-corrected chi connectivity index (χ0v) is 12.2. The monoisotopic (exact) mass is 266 g/mol. The van der Waals surface area contributed by atoms with E-state index in [0.717, 1.165) is 43.3 Å². The van der Waals surface area contributed by atoms with Crippen LogP contribution in [0, 0.1) is 0 Å². The summed E-state index contributed by atoms with van der Waals surface area (Å²) < 4.78 is 0. The highest BCUT2D eigenvalue weighted by Gasteiger charge is 2.07. The number of aliphatic hydroxyl groups is 1. The Morgan fingerprint density at radius 1 is 1.21 bits per heavy atom. The van der Waals surface area contributed by atoms with Gasteiger partial charge in [0.2, 0.25) is 0 Å². The number of hydrogen-bond donors (Lipinski definition) is 3. The summed E-state index contributed by atoms with van der Waals surface area (Å²) in [4.78, 5) is 9.01. The molecule has 0 aromatic carbocycles. The molecule has 1 heterocycles. The van der Waals surface area contributed by atoms with Crippen LogP contribution in [0.2, 0.25) is 0 Å². The van der Waals surface area contributed by atoms with Gasteiger partial charge in [0, 0.05) is 31.7 Å². The van der Waals surface area contributed by atoms with E-state index in [2.05, 4.69) is 34.4 Å². The molecule has 0 amide bonds. The van der Waals surface area contributed by atoms with Crippen LogP contribution in [0.4, 0.5) is 11.6 Å². The van der Waals surface area contributed by atoms with Gasteiger partial charge in [0.15, 0.2) is 0 Å². The SMILES string of the molecule is CCCNc1cc(NC(C)CCO)nc(CCC)n1. The standard InChI is InChI=1S/C14H26N4O/c1-4-6-12-17-13(15-8-5-2)10-14(18-12)16-11(3)7-9-19/h10-11,19H,4-9H2,1-3H3,(H2,15,16,17,18). The Morgan fingerprint density at radius 3 is 2.58 bits per heavy atom. The van der Waals surface area contributed by atoms with E-state index in [0.29, 0.717) is 6.42 Å². The molecule has 19 heavy (non-hydrogen) atoms. The second-order valence-corrected chi connectivity index (χ2v) is 4.79. The van der Waals surface area contributed by atoms with Gasteiger partial charge in [-0.1, -0.05) is 13.8 Å². The molecule has 0 aliphatic rings. The Labute approximate surface area is 115 Å². The number of hydrogen-bond acceptors (Lipinski definition) is 5. The maximum Gasteiger partial charge on any atom is 0.133 e. The van der Waals surface area contributed by atoms with Crippen LogP contribution in [-0.4, -0.2) is 34.3 Å². The van der Waals surface area contributed by atoms with Crippen LogP contribution < -0.4 is 10.6 Å². The van der Waals surface area contributed by atoms with Crippen LogP contribution in [0.15, 0.2) is 6.07 Å². The van der Waals surface area contributed by atoms with Crippen molar-refractivity contribution in [3.05, 3.63) is 11.9 Å². The predicted octanol–water partition coefficient (Wildman–Crippen LogP) is 2.43. The van der Waals surface area contributed by atoms with Crippen molar-refractivity contribution in [1.82, 2.24) is 9.97 Å². The maximum atomic E-state index is 8.94. The van der Waals surface area contributed by atoms with Crippen molar-refractivity contribution in [3.63, 3.8) is 0 Å². The first-order valence-electron chi connectivity index (χ1n) is 7.18. The van der Waals surface area contributed by atoms with Crippen molar-refractivity contribution in [2.24, 2.45) is 0 Å². The van der Waals surface area contributed by atoms with Gasteiger partial charge in [-0.15, -0.1) is 0 Å². The molecule has 5 heteroatoms. The number of aromatic nitrogens is 2. The molecule has 0 aliphatic carbocycles. The number of anilines is 2. The van der Waals surface area contributed by atoms with E-state index in [-0.39, 0.29) is 12.6 Å². The van der Waals surface area contributed by atoms with Gasteiger partial charge < -0.3 is 15.7 Å². The fraction of sp³-hybridized carbons (Fsp3) is 0.714. The van der Waals surface area contributed by atoms with Crippen molar-refractivity contribution in [3.8, 4) is 0 Å². The van der Waals surface area contributed by atoms with Gasteiger partial charge in [0.1, 0.15) is 17.5 Å². The van der Waals surface area contributed by atoms with E-state index in [1.807, 2.05) is 13.0 Å². The molecule has 1 aromatic rings. The zero-order chi connectivity index (χ0) is 14.1. The van der Waals surface area contributed by atoms with Crippen molar-refractivity contribution in [1.29, 1.82) is 0 Å². The number of aryl methyl sites for hydroxylation is 1. The third-order valence-electron chi connectivity index (χ3n) is 2.76. The smallest absolute Gasteiger partial charge is 0.133 e. The fourth-order valence-electron chi connectivity index (χ4n) is 1.77. The number of nitrogens with zero attached hydrogens (tertiary/aromatic N) is 2. The van der Waals surface area contributed by atoms with E-state index >= 15 is 0 Å². The summed E-state index contributed by atoms with van der Waals surface area (Å²) in [6.07, 6.45) is 3.69. The molecule has 108 valence electrons. The third-order valence-corrected chi connectivity index (χ3v) is 2.76. The minimum Gasteiger partial charge on any atom is -0.396 e. The third kappa shape index (κ3) is 5.87. The molecule has 0 spiro atoms. The summed E-state index contributed by atoms with van der Waals surface area (Å²) in [6.45, 7) is 7.38. The molecule has 0 bridgehead atoms. The van der Waals surface area contributed by atoms with Crippen LogP contribution in [0.1, 0.15) is 45.9 Å². The fourth-order valence-corrected chi connectivity index (χ4v) is 1.77. The normalized spacial score (nSPS) is 12.2. The van der Waals surface area contributed by atoms with E-state index in [4.69, 9.17) is 5.11 Å². The summed E-state index contributed by atoms with van der Waals surface area (Å²) in [7, 11) is 0. The summed E-state index contributed by atoms with van der Waals surface area (Å²) in [6, 6.07) is 2.14. The lowest BCUT2D eigenvalue weighted by molar-refractivity contribution is 0.282. The summed E-state index contributed by atoms with van der Waals surface area (Å²) in [5.74, 6) is 2.57. The molecule has 0 fully saturated rings. The number of aliphatic hydroxyl groups excluding tert-OH is 1. The lowest BCUT2D eigenvalue weighted by atomic mass is 10.2. The van der Waals surface area contributed by atoms with E-state index in [1.165, 1.54) is 0 Å². The molecule has 0 saturated carbocycles. The van der Waals surface area contributed by atoms with Crippen LogP contribution in [0.25, 0.3) is 0 Å². The summed E-state index contributed by atoms with van der Waals surface area (Å²) >= 11 is 0. The van der Waals surface area contributed by atoms with E-state index < -0.39 is 0 Å². The zero-order valence-electron chi connectivity index (χ0n) is 12.2. The molecule has 5 nitrogen and oxygen atoms in total. The first-order chi connectivity index (χ1) is 9.19. The van der Waals surface area contributed by atoms with Gasteiger partial charge in [0.05, 0.1) is 0 Å². The maximum absolute atomic E-state index is 8.94. The highest BCUT2D eigenvalue weighted by molar-refractivity contribution is 5.48. The lowest BCUT2D eigenvalue weighted by Gasteiger charge is -2.15. The molecular formula is C14H26N4O. The second-order valence-electron chi connectivity index (χ2n) is 4.79. The minimum absolute atomic E-state index is 0.183. The van der Waals surface area contributed by atoms with Gasteiger partial charge in [-0.25, -0.2) is 9.97 Å². The molecule has 3 N–H and O–H groups in total. The van der Waals surface area contributed by atoms with Crippen molar-refractivity contribution in [2.45, 2.75) is 52.5 Å². The molecule has 0 radical (unpaired) electrons. The van der Waals surface area contributed by atoms with Crippen LogP contribution in [0.5, 0.6) is 0 Å². The quantitative estimate of drug-likeness (QED) is 0.640. The average molecular weight is 266 g/mol. The molecule has 1 aromatic heterocycles. The molecule has 1 atom stereocenters. The first-order valence-corrected chi connectivity index (χ1v) is 7.18. The van der Waals surface area contributed by atoms with E-state index in [9.17, 15) is 0 Å². The molecule has 0 saturated heterocycles. The molecular weight excluding hydrogens is 240 g/mol. The second kappa shape index (κ2) is 8.69. The van der Waals surface area contributed by atoms with Crippen molar-refractivity contribution >= 4 is 11.6 Å². The van der Waals surface area contributed by atoms with Crippen molar-refractivity contribution in [2.75, 3.05) is 23.8 Å². The van der Waals surface area contributed by atoms with Gasteiger partial charge in [-0.3, -0.25) is 0 Å². The summed E-state index contributed by atoms with van der Waals surface area (Å²) in [5.41, 5.74) is 0. The Hall–Kier alpha value is -1.36. The van der Waals surface area contributed by atoms with E-state index in [1.54, 1.807) is 0 Å². The highest BCUT2D eigenvalue weighted by Crippen LogP contribution is 2.14. The van der Waals surface area contributed by atoms with Gasteiger partial charge in [-0.2, -0.15) is 0 Å². The topological polar surface area (TPSA) is 70.1 Å². The first kappa shape index (κ1) is 15.7. The van der Waals surface area contributed by atoms with Crippen LogP contribution in [-0.2, 0) is 6.42 Å². The Morgan fingerprint density at radius 2 is 1.95 bits per heavy atom.